The Morgan fingerprint density at radius 1 is 1.11 bits per heavy atom. The molecule has 1 N–H and O–H groups in total. The smallest absolute Gasteiger partial charge is 0.232 e. The number of aromatic nitrogens is 1. The van der Waals surface area contributed by atoms with Crippen molar-refractivity contribution in [3.8, 4) is 11.5 Å². The summed E-state index contributed by atoms with van der Waals surface area (Å²) in [5, 5.41) is 2.91. The standard InChI is InChI=1S/C22H21FN2O3/c1-27-18-9-10-21(28-2)20(13-18)25-22(26)19(12-15-4-3-11-24-14-15)16-5-7-17(23)8-6-16/h3-11,13-14,19H,12H2,1-2H3,(H,25,26). The van der Waals surface area contributed by atoms with Gasteiger partial charge in [-0.2, -0.15) is 0 Å². The minimum Gasteiger partial charge on any atom is -0.497 e. The quantitative estimate of drug-likeness (QED) is 0.667. The van der Waals surface area contributed by atoms with Crippen LogP contribution >= 0.6 is 0 Å². The number of carbonyl (C=O) groups is 1. The number of pyridine rings is 1. The molecule has 2 aromatic carbocycles. The molecule has 1 atom stereocenters. The third-order valence-corrected chi connectivity index (χ3v) is 4.42. The van der Waals surface area contributed by atoms with Gasteiger partial charge in [-0.25, -0.2) is 4.39 Å². The molecule has 0 aliphatic carbocycles. The fourth-order valence-corrected chi connectivity index (χ4v) is 2.94. The Hall–Kier alpha value is -3.41. The molecule has 5 nitrogen and oxygen atoms in total. The van der Waals surface area contributed by atoms with Crippen molar-refractivity contribution >= 4 is 11.6 Å². The highest BCUT2D eigenvalue weighted by molar-refractivity contribution is 5.97. The van der Waals surface area contributed by atoms with E-state index in [0.29, 0.717) is 29.2 Å². The van der Waals surface area contributed by atoms with Gasteiger partial charge in [0, 0.05) is 18.5 Å². The Labute approximate surface area is 163 Å². The van der Waals surface area contributed by atoms with Gasteiger partial charge in [0.25, 0.3) is 0 Å². The monoisotopic (exact) mass is 380 g/mol. The second kappa shape index (κ2) is 8.99. The van der Waals surface area contributed by atoms with Gasteiger partial charge in [-0.3, -0.25) is 9.78 Å². The topological polar surface area (TPSA) is 60.5 Å². The molecule has 0 aliphatic heterocycles. The molecular weight excluding hydrogens is 359 g/mol. The van der Waals surface area contributed by atoms with Crippen molar-refractivity contribution < 1.29 is 18.7 Å². The summed E-state index contributed by atoms with van der Waals surface area (Å²) >= 11 is 0. The summed E-state index contributed by atoms with van der Waals surface area (Å²) < 4.78 is 23.9. The molecule has 0 aliphatic rings. The summed E-state index contributed by atoms with van der Waals surface area (Å²) in [6.45, 7) is 0. The van der Waals surface area contributed by atoms with Crippen LogP contribution in [0.4, 0.5) is 10.1 Å². The highest BCUT2D eigenvalue weighted by Crippen LogP contribution is 2.31. The van der Waals surface area contributed by atoms with Crippen LogP contribution in [0.1, 0.15) is 17.0 Å². The number of benzene rings is 2. The summed E-state index contributed by atoms with van der Waals surface area (Å²) in [7, 11) is 3.09. The first kappa shape index (κ1) is 19.4. The van der Waals surface area contributed by atoms with Crippen LogP contribution in [0.5, 0.6) is 11.5 Å². The lowest BCUT2D eigenvalue weighted by Crippen LogP contribution is -2.23. The number of carbonyl (C=O) groups excluding carboxylic acids is 1. The molecule has 0 spiro atoms. The van der Waals surface area contributed by atoms with Gasteiger partial charge in [-0.05, 0) is 47.9 Å². The second-order valence-electron chi connectivity index (χ2n) is 6.22. The fourth-order valence-electron chi connectivity index (χ4n) is 2.94. The number of hydrogen-bond donors (Lipinski definition) is 1. The lowest BCUT2D eigenvalue weighted by Gasteiger charge is -2.19. The minimum atomic E-state index is -0.527. The number of rotatable bonds is 7. The zero-order chi connectivity index (χ0) is 19.9. The molecule has 0 fully saturated rings. The van der Waals surface area contributed by atoms with E-state index < -0.39 is 5.92 Å². The number of halogens is 1. The van der Waals surface area contributed by atoms with Crippen molar-refractivity contribution in [2.24, 2.45) is 0 Å². The van der Waals surface area contributed by atoms with Crippen LogP contribution in [0, 0.1) is 5.82 Å². The van der Waals surface area contributed by atoms with Gasteiger partial charge in [0.1, 0.15) is 17.3 Å². The van der Waals surface area contributed by atoms with Crippen LogP contribution in [0.2, 0.25) is 0 Å². The van der Waals surface area contributed by atoms with Crippen molar-refractivity contribution in [1.82, 2.24) is 4.98 Å². The van der Waals surface area contributed by atoms with Gasteiger partial charge in [0.05, 0.1) is 25.8 Å². The maximum Gasteiger partial charge on any atom is 0.232 e. The van der Waals surface area contributed by atoms with E-state index in [9.17, 15) is 9.18 Å². The average molecular weight is 380 g/mol. The number of nitrogens with zero attached hydrogens (tertiary/aromatic N) is 1. The molecule has 1 unspecified atom stereocenters. The molecule has 0 saturated heterocycles. The predicted molar refractivity (Wildman–Crippen MR) is 105 cm³/mol. The van der Waals surface area contributed by atoms with E-state index in [4.69, 9.17) is 9.47 Å². The Kier molecular flexibility index (Phi) is 6.22. The largest absolute Gasteiger partial charge is 0.497 e. The molecule has 3 rings (SSSR count). The predicted octanol–water partition coefficient (Wildman–Crippen LogP) is 4.20. The molecule has 0 saturated carbocycles. The van der Waals surface area contributed by atoms with E-state index in [1.807, 2.05) is 12.1 Å². The zero-order valence-electron chi connectivity index (χ0n) is 15.7. The Balaban J connectivity index is 1.91. The van der Waals surface area contributed by atoms with Crippen LogP contribution in [0.25, 0.3) is 0 Å². The van der Waals surface area contributed by atoms with E-state index in [-0.39, 0.29) is 11.7 Å². The lowest BCUT2D eigenvalue weighted by molar-refractivity contribution is -0.117. The molecule has 0 bridgehead atoms. The minimum absolute atomic E-state index is 0.234. The summed E-state index contributed by atoms with van der Waals surface area (Å²) in [5.41, 5.74) is 2.12. The maximum absolute atomic E-state index is 13.4. The van der Waals surface area contributed by atoms with E-state index in [1.54, 1.807) is 49.8 Å². The second-order valence-corrected chi connectivity index (χ2v) is 6.22. The summed E-state index contributed by atoms with van der Waals surface area (Å²) in [5.74, 6) is 0.0107. The van der Waals surface area contributed by atoms with Gasteiger partial charge in [-0.1, -0.05) is 18.2 Å². The van der Waals surface area contributed by atoms with Crippen LogP contribution in [-0.2, 0) is 11.2 Å². The molecule has 1 aromatic heterocycles. The fraction of sp³-hybridized carbons (Fsp3) is 0.182. The molecule has 1 heterocycles. The van der Waals surface area contributed by atoms with E-state index in [1.165, 1.54) is 19.2 Å². The Morgan fingerprint density at radius 3 is 2.54 bits per heavy atom. The van der Waals surface area contributed by atoms with Crippen molar-refractivity contribution in [2.45, 2.75) is 12.3 Å². The van der Waals surface area contributed by atoms with Gasteiger partial charge in [0.15, 0.2) is 0 Å². The number of amides is 1. The maximum atomic E-state index is 13.4. The van der Waals surface area contributed by atoms with Crippen LogP contribution in [-0.4, -0.2) is 25.1 Å². The van der Waals surface area contributed by atoms with Gasteiger partial charge in [-0.15, -0.1) is 0 Å². The van der Waals surface area contributed by atoms with Crippen LogP contribution < -0.4 is 14.8 Å². The Bertz CT molecular complexity index is 930. The first-order valence-electron chi connectivity index (χ1n) is 8.78. The average Bonchev–Trinajstić information content (AvgIpc) is 2.73. The Morgan fingerprint density at radius 2 is 1.89 bits per heavy atom. The summed E-state index contributed by atoms with van der Waals surface area (Å²) in [4.78, 5) is 17.3. The van der Waals surface area contributed by atoms with Gasteiger partial charge >= 0.3 is 0 Å². The van der Waals surface area contributed by atoms with Crippen molar-refractivity contribution in [1.29, 1.82) is 0 Å². The number of anilines is 1. The molecular formula is C22H21FN2O3. The van der Waals surface area contributed by atoms with E-state index in [0.717, 1.165) is 5.56 Å². The number of nitrogens with one attached hydrogen (secondary N) is 1. The van der Waals surface area contributed by atoms with Crippen molar-refractivity contribution in [3.63, 3.8) is 0 Å². The molecule has 144 valence electrons. The van der Waals surface area contributed by atoms with Gasteiger partial charge in [0.2, 0.25) is 5.91 Å². The first-order chi connectivity index (χ1) is 13.6. The normalized spacial score (nSPS) is 11.5. The molecule has 1 amide bonds. The van der Waals surface area contributed by atoms with Crippen LogP contribution in [0.15, 0.2) is 67.0 Å². The number of ether oxygens (including phenoxy) is 2. The lowest BCUT2D eigenvalue weighted by atomic mass is 9.91. The van der Waals surface area contributed by atoms with E-state index in [2.05, 4.69) is 10.3 Å². The highest BCUT2D eigenvalue weighted by Gasteiger charge is 2.23. The van der Waals surface area contributed by atoms with Gasteiger partial charge < -0.3 is 14.8 Å². The number of hydrogen-bond acceptors (Lipinski definition) is 4. The highest BCUT2D eigenvalue weighted by atomic mass is 19.1. The third-order valence-electron chi connectivity index (χ3n) is 4.42. The summed E-state index contributed by atoms with van der Waals surface area (Å²) in [6.07, 6.45) is 3.82. The first-order valence-corrected chi connectivity index (χ1v) is 8.78. The zero-order valence-corrected chi connectivity index (χ0v) is 15.7. The van der Waals surface area contributed by atoms with Crippen molar-refractivity contribution in [2.75, 3.05) is 19.5 Å². The molecule has 0 radical (unpaired) electrons. The SMILES string of the molecule is COc1ccc(OC)c(NC(=O)C(Cc2cccnc2)c2ccc(F)cc2)c1. The van der Waals surface area contributed by atoms with Crippen LogP contribution in [0.3, 0.4) is 0 Å². The third kappa shape index (κ3) is 4.65. The number of methoxy groups -OCH3 is 2. The summed E-state index contributed by atoms with van der Waals surface area (Å²) in [6, 6.07) is 14.9. The van der Waals surface area contributed by atoms with E-state index >= 15 is 0 Å². The van der Waals surface area contributed by atoms with Crippen molar-refractivity contribution in [3.05, 3.63) is 83.9 Å². The molecule has 28 heavy (non-hydrogen) atoms. The molecule has 3 aromatic rings. The molecule has 6 heteroatoms.